The largest absolute Gasteiger partial charge is 0.497 e. The van der Waals surface area contributed by atoms with E-state index in [0.29, 0.717) is 17.3 Å². The molecule has 0 aliphatic heterocycles. The molecule has 0 aliphatic carbocycles. The number of amides is 1. The molecule has 6 heteroatoms. The van der Waals surface area contributed by atoms with Gasteiger partial charge in [-0.25, -0.2) is 9.97 Å². The van der Waals surface area contributed by atoms with Crippen molar-refractivity contribution in [1.82, 2.24) is 14.9 Å². The summed E-state index contributed by atoms with van der Waals surface area (Å²) in [5.74, 6) is 2.11. The third-order valence-electron chi connectivity index (χ3n) is 4.21. The Bertz CT molecular complexity index is 725. The Balaban J connectivity index is 2.01. The molecule has 1 aromatic carbocycles. The van der Waals surface area contributed by atoms with Crippen molar-refractivity contribution in [2.24, 2.45) is 0 Å². The van der Waals surface area contributed by atoms with Gasteiger partial charge in [0.25, 0.3) is 5.91 Å². The van der Waals surface area contributed by atoms with Gasteiger partial charge in [0.05, 0.1) is 7.11 Å². The van der Waals surface area contributed by atoms with Crippen LogP contribution in [-0.2, 0) is 6.42 Å². The number of nitrogens with zero attached hydrogens (tertiary/aromatic N) is 3. The molecule has 0 bridgehead atoms. The highest BCUT2D eigenvalue weighted by molar-refractivity contribution is 5.93. The highest BCUT2D eigenvalue weighted by Gasteiger charge is 2.17. The number of nitrogens with one attached hydrogen (secondary N) is 1. The fourth-order valence-corrected chi connectivity index (χ4v) is 2.91. The van der Waals surface area contributed by atoms with Crippen LogP contribution in [0.25, 0.3) is 0 Å². The lowest BCUT2D eigenvalue weighted by atomic mass is 10.1. The summed E-state index contributed by atoms with van der Waals surface area (Å²) in [5.41, 5.74) is 1.67. The van der Waals surface area contributed by atoms with Gasteiger partial charge >= 0.3 is 0 Å². The summed E-state index contributed by atoms with van der Waals surface area (Å²) in [6, 6.07) is 9.76. The van der Waals surface area contributed by atoms with Gasteiger partial charge in [0, 0.05) is 25.7 Å². The second kappa shape index (κ2) is 10.5. The zero-order valence-corrected chi connectivity index (χ0v) is 16.8. The monoisotopic (exact) mass is 370 g/mol. The number of benzene rings is 1. The summed E-state index contributed by atoms with van der Waals surface area (Å²) >= 11 is 0. The predicted octanol–water partition coefficient (Wildman–Crippen LogP) is 3.71. The van der Waals surface area contributed by atoms with Gasteiger partial charge in [0.15, 0.2) is 0 Å². The number of methoxy groups -OCH3 is 1. The molecule has 0 saturated carbocycles. The highest BCUT2D eigenvalue weighted by atomic mass is 16.5. The van der Waals surface area contributed by atoms with Crippen LogP contribution in [0.5, 0.6) is 5.75 Å². The molecule has 1 N–H and O–H groups in total. The summed E-state index contributed by atoms with van der Waals surface area (Å²) < 4.78 is 5.18. The Morgan fingerprint density at radius 1 is 1.11 bits per heavy atom. The summed E-state index contributed by atoms with van der Waals surface area (Å²) in [7, 11) is 1.66. The van der Waals surface area contributed by atoms with Crippen molar-refractivity contribution in [2.75, 3.05) is 32.1 Å². The maximum Gasteiger partial charge on any atom is 0.272 e. The molecule has 0 saturated heterocycles. The second-order valence-electron chi connectivity index (χ2n) is 6.50. The van der Waals surface area contributed by atoms with Crippen LogP contribution in [-0.4, -0.2) is 47.5 Å². The van der Waals surface area contributed by atoms with Gasteiger partial charge in [0.2, 0.25) is 0 Å². The maximum absolute atomic E-state index is 12.8. The molecular formula is C21H30N4O2. The predicted molar refractivity (Wildman–Crippen MR) is 108 cm³/mol. The SMILES string of the molecule is CCCN(CCC)C(=O)c1cc(NCCc2ccc(OC)cc2)nc(C)n1. The molecule has 0 radical (unpaired) electrons. The standard InChI is InChI=1S/C21H30N4O2/c1-5-13-25(14-6-2)21(26)19-15-20(24-16(3)23-19)22-12-11-17-7-9-18(27-4)10-8-17/h7-10,15H,5-6,11-14H2,1-4H3,(H,22,23,24). The molecule has 1 heterocycles. The molecule has 0 aliphatic rings. The van der Waals surface area contributed by atoms with E-state index in [2.05, 4.69) is 29.1 Å². The van der Waals surface area contributed by atoms with Gasteiger partial charge in [-0.2, -0.15) is 0 Å². The quantitative estimate of drug-likeness (QED) is 0.690. The summed E-state index contributed by atoms with van der Waals surface area (Å²) in [4.78, 5) is 23.4. The number of carbonyl (C=O) groups is 1. The lowest BCUT2D eigenvalue weighted by Crippen LogP contribution is -2.33. The molecule has 0 unspecified atom stereocenters. The van der Waals surface area contributed by atoms with Crippen LogP contribution in [0.3, 0.4) is 0 Å². The van der Waals surface area contributed by atoms with Crippen LogP contribution in [0, 0.1) is 6.92 Å². The third-order valence-corrected chi connectivity index (χ3v) is 4.21. The van der Waals surface area contributed by atoms with E-state index in [0.717, 1.165) is 44.6 Å². The van der Waals surface area contributed by atoms with E-state index in [4.69, 9.17) is 4.74 Å². The van der Waals surface area contributed by atoms with Crippen molar-refractivity contribution < 1.29 is 9.53 Å². The first-order chi connectivity index (χ1) is 13.1. The molecular weight excluding hydrogens is 340 g/mol. The lowest BCUT2D eigenvalue weighted by molar-refractivity contribution is 0.0749. The molecule has 146 valence electrons. The van der Waals surface area contributed by atoms with Crippen LogP contribution in [0.15, 0.2) is 30.3 Å². The van der Waals surface area contributed by atoms with Gasteiger partial charge < -0.3 is 15.0 Å². The van der Waals surface area contributed by atoms with Crippen LogP contribution < -0.4 is 10.1 Å². The van der Waals surface area contributed by atoms with Crippen molar-refractivity contribution in [2.45, 2.75) is 40.0 Å². The van der Waals surface area contributed by atoms with Gasteiger partial charge in [0.1, 0.15) is 23.1 Å². The van der Waals surface area contributed by atoms with Gasteiger partial charge in [-0.3, -0.25) is 4.79 Å². The minimum atomic E-state index is -0.0256. The van der Waals surface area contributed by atoms with Crippen molar-refractivity contribution in [1.29, 1.82) is 0 Å². The molecule has 0 atom stereocenters. The smallest absolute Gasteiger partial charge is 0.272 e. The van der Waals surface area contributed by atoms with E-state index >= 15 is 0 Å². The number of ether oxygens (including phenoxy) is 1. The topological polar surface area (TPSA) is 67.4 Å². The molecule has 6 nitrogen and oxygen atoms in total. The summed E-state index contributed by atoms with van der Waals surface area (Å²) in [6.45, 7) is 8.19. The summed E-state index contributed by atoms with van der Waals surface area (Å²) in [6.07, 6.45) is 2.72. The van der Waals surface area contributed by atoms with Crippen LogP contribution >= 0.6 is 0 Å². The first-order valence-electron chi connectivity index (χ1n) is 9.59. The minimum absolute atomic E-state index is 0.0256. The van der Waals surface area contributed by atoms with E-state index in [-0.39, 0.29) is 5.91 Å². The minimum Gasteiger partial charge on any atom is -0.497 e. The zero-order chi connectivity index (χ0) is 19.6. The molecule has 2 aromatic rings. The first-order valence-corrected chi connectivity index (χ1v) is 9.59. The van der Waals surface area contributed by atoms with Crippen LogP contribution in [0.2, 0.25) is 0 Å². The van der Waals surface area contributed by atoms with Crippen LogP contribution in [0.1, 0.15) is 48.6 Å². The van der Waals surface area contributed by atoms with E-state index in [1.807, 2.05) is 36.1 Å². The van der Waals surface area contributed by atoms with Gasteiger partial charge in [-0.15, -0.1) is 0 Å². The van der Waals surface area contributed by atoms with E-state index in [1.54, 1.807) is 13.2 Å². The highest BCUT2D eigenvalue weighted by Crippen LogP contribution is 2.13. The first kappa shape index (κ1) is 20.7. The van der Waals surface area contributed by atoms with E-state index in [9.17, 15) is 4.79 Å². The molecule has 1 amide bonds. The fourth-order valence-electron chi connectivity index (χ4n) is 2.91. The second-order valence-corrected chi connectivity index (χ2v) is 6.50. The van der Waals surface area contributed by atoms with E-state index in [1.165, 1.54) is 5.56 Å². The Morgan fingerprint density at radius 2 is 1.78 bits per heavy atom. The van der Waals surface area contributed by atoms with Gasteiger partial charge in [-0.05, 0) is 43.9 Å². The average Bonchev–Trinajstić information content (AvgIpc) is 2.67. The molecule has 27 heavy (non-hydrogen) atoms. The summed E-state index contributed by atoms with van der Waals surface area (Å²) in [5, 5.41) is 3.31. The normalized spacial score (nSPS) is 10.5. The number of aryl methyl sites for hydroxylation is 1. The Labute approximate surface area is 162 Å². The van der Waals surface area contributed by atoms with Crippen LogP contribution in [0.4, 0.5) is 5.82 Å². The number of rotatable bonds is 10. The number of hydrogen-bond donors (Lipinski definition) is 1. The Kier molecular flexibility index (Phi) is 8.04. The Hall–Kier alpha value is -2.63. The maximum atomic E-state index is 12.8. The third kappa shape index (κ3) is 6.24. The number of anilines is 1. The lowest BCUT2D eigenvalue weighted by Gasteiger charge is -2.21. The zero-order valence-electron chi connectivity index (χ0n) is 16.8. The average molecular weight is 370 g/mol. The van der Waals surface area contributed by atoms with Crippen molar-refractivity contribution >= 4 is 11.7 Å². The number of aromatic nitrogens is 2. The number of carbonyl (C=O) groups excluding carboxylic acids is 1. The molecule has 0 spiro atoms. The molecule has 0 fully saturated rings. The van der Waals surface area contributed by atoms with Crippen molar-refractivity contribution in [3.05, 3.63) is 47.4 Å². The molecule has 2 rings (SSSR count). The molecule has 1 aromatic heterocycles. The van der Waals surface area contributed by atoms with Crippen molar-refractivity contribution in [3.8, 4) is 5.75 Å². The number of hydrogen-bond acceptors (Lipinski definition) is 5. The fraction of sp³-hybridized carbons (Fsp3) is 0.476. The van der Waals surface area contributed by atoms with Crippen molar-refractivity contribution in [3.63, 3.8) is 0 Å². The van der Waals surface area contributed by atoms with Gasteiger partial charge in [-0.1, -0.05) is 26.0 Å². The van der Waals surface area contributed by atoms with E-state index < -0.39 is 0 Å². The Morgan fingerprint density at radius 3 is 2.37 bits per heavy atom.